The maximum absolute atomic E-state index is 12.2. The number of hydrogen-bond acceptors (Lipinski definition) is 3. The van der Waals surface area contributed by atoms with Crippen LogP contribution in [0.1, 0.15) is 47.0 Å². The van der Waals surface area contributed by atoms with Gasteiger partial charge in [0.1, 0.15) is 5.60 Å². The number of carboxylic acid groups (broad SMARTS) is 1. The van der Waals surface area contributed by atoms with Crippen LogP contribution in [0.4, 0.5) is 4.79 Å². The number of ether oxygens (including phenoxy) is 1. The Labute approximate surface area is 120 Å². The lowest BCUT2D eigenvalue weighted by molar-refractivity contribution is -0.139. The van der Waals surface area contributed by atoms with E-state index < -0.39 is 11.6 Å². The van der Waals surface area contributed by atoms with Crippen molar-refractivity contribution in [2.24, 2.45) is 17.8 Å². The molecule has 4 atom stereocenters. The summed E-state index contributed by atoms with van der Waals surface area (Å²) in [5, 5.41) is 9.03. The molecule has 5 nitrogen and oxygen atoms in total. The van der Waals surface area contributed by atoms with Crippen molar-refractivity contribution in [3.05, 3.63) is 0 Å². The van der Waals surface area contributed by atoms with E-state index in [1.54, 1.807) is 4.90 Å². The van der Waals surface area contributed by atoms with Crippen LogP contribution in [-0.2, 0) is 9.53 Å². The molecule has 1 saturated carbocycles. The smallest absolute Gasteiger partial charge is 0.410 e. The van der Waals surface area contributed by atoms with Crippen LogP contribution >= 0.6 is 0 Å². The van der Waals surface area contributed by atoms with Crippen molar-refractivity contribution in [1.29, 1.82) is 0 Å². The Kier molecular flexibility index (Phi) is 3.98. The third-order valence-corrected chi connectivity index (χ3v) is 4.31. The van der Waals surface area contributed by atoms with Crippen LogP contribution in [0.15, 0.2) is 0 Å². The average Bonchev–Trinajstić information content (AvgIpc) is 3.07. The first-order valence-corrected chi connectivity index (χ1v) is 7.41. The third-order valence-electron chi connectivity index (χ3n) is 4.31. The third kappa shape index (κ3) is 3.44. The number of likely N-dealkylation sites (tertiary alicyclic amines) is 1. The van der Waals surface area contributed by atoms with Crippen molar-refractivity contribution in [1.82, 2.24) is 4.90 Å². The molecule has 1 heterocycles. The molecule has 1 amide bonds. The average molecular weight is 283 g/mol. The monoisotopic (exact) mass is 283 g/mol. The van der Waals surface area contributed by atoms with E-state index in [9.17, 15) is 9.59 Å². The second kappa shape index (κ2) is 5.26. The quantitative estimate of drug-likeness (QED) is 0.846. The molecule has 1 N–H and O–H groups in total. The first-order valence-electron chi connectivity index (χ1n) is 7.41. The molecule has 1 aliphatic heterocycles. The van der Waals surface area contributed by atoms with Gasteiger partial charge < -0.3 is 14.7 Å². The molecular weight excluding hydrogens is 258 g/mol. The van der Waals surface area contributed by atoms with Gasteiger partial charge in [0.05, 0.1) is 5.92 Å². The summed E-state index contributed by atoms with van der Waals surface area (Å²) in [4.78, 5) is 25.0. The van der Waals surface area contributed by atoms with Crippen LogP contribution in [0.2, 0.25) is 0 Å². The fourth-order valence-corrected chi connectivity index (χ4v) is 3.08. The fraction of sp³-hybridized carbons (Fsp3) is 0.867. The number of piperidine rings is 1. The zero-order valence-electron chi connectivity index (χ0n) is 12.8. The maximum atomic E-state index is 12.2. The van der Waals surface area contributed by atoms with E-state index in [0.29, 0.717) is 12.5 Å². The molecule has 1 aliphatic carbocycles. The molecule has 1 unspecified atom stereocenters. The van der Waals surface area contributed by atoms with Gasteiger partial charge in [-0.1, -0.05) is 0 Å². The van der Waals surface area contributed by atoms with E-state index in [-0.39, 0.29) is 24.0 Å². The van der Waals surface area contributed by atoms with Gasteiger partial charge in [-0.25, -0.2) is 4.79 Å². The van der Waals surface area contributed by atoms with E-state index in [0.717, 1.165) is 19.3 Å². The number of carbonyl (C=O) groups is 2. The number of aliphatic carboxylic acids is 1. The normalized spacial score (nSPS) is 33.7. The molecule has 5 heteroatoms. The summed E-state index contributed by atoms with van der Waals surface area (Å²) in [6.45, 7) is 8.24. The predicted octanol–water partition coefficient (Wildman–Crippen LogP) is 2.74. The number of rotatable bonds is 2. The Balaban J connectivity index is 1.95. The van der Waals surface area contributed by atoms with Crippen molar-refractivity contribution in [3.63, 3.8) is 0 Å². The molecule has 20 heavy (non-hydrogen) atoms. The van der Waals surface area contributed by atoms with Gasteiger partial charge in [-0.05, 0) is 58.8 Å². The van der Waals surface area contributed by atoms with E-state index in [2.05, 4.69) is 0 Å². The van der Waals surface area contributed by atoms with Gasteiger partial charge in [0.2, 0.25) is 0 Å². The summed E-state index contributed by atoms with van der Waals surface area (Å²) >= 11 is 0. The van der Waals surface area contributed by atoms with E-state index in [4.69, 9.17) is 9.84 Å². The molecule has 114 valence electrons. The Bertz CT molecular complexity index is 401. The molecule has 2 aliphatic rings. The van der Waals surface area contributed by atoms with E-state index in [1.807, 2.05) is 27.7 Å². The molecule has 0 radical (unpaired) electrons. The highest BCUT2D eigenvalue weighted by Crippen LogP contribution is 2.48. The van der Waals surface area contributed by atoms with Crippen LogP contribution in [0.5, 0.6) is 0 Å². The Hall–Kier alpha value is -1.26. The standard InChI is InChI=1S/C15H25NO4/c1-9-5-6-10(11-7-12(11)13(17)18)8-16(9)14(19)20-15(2,3)4/h9-12H,5-8H2,1-4H3,(H,17,18)/t9-,10?,11+,12-/m1/s1. The lowest BCUT2D eigenvalue weighted by Crippen LogP contribution is -2.48. The highest BCUT2D eigenvalue weighted by atomic mass is 16.6. The first kappa shape index (κ1) is 15.1. The molecule has 2 fully saturated rings. The number of amides is 1. The van der Waals surface area contributed by atoms with Gasteiger partial charge in [0.15, 0.2) is 0 Å². The summed E-state index contributed by atoms with van der Waals surface area (Å²) in [7, 11) is 0. The van der Waals surface area contributed by atoms with Crippen molar-refractivity contribution >= 4 is 12.1 Å². The van der Waals surface area contributed by atoms with Crippen LogP contribution in [0.25, 0.3) is 0 Å². The van der Waals surface area contributed by atoms with Crippen LogP contribution in [0.3, 0.4) is 0 Å². The Morgan fingerprint density at radius 2 is 1.90 bits per heavy atom. The second-order valence-corrected chi connectivity index (χ2v) is 7.16. The topological polar surface area (TPSA) is 66.8 Å². The molecule has 2 rings (SSSR count). The van der Waals surface area contributed by atoms with Gasteiger partial charge >= 0.3 is 12.1 Å². The Morgan fingerprint density at radius 1 is 1.25 bits per heavy atom. The van der Waals surface area contributed by atoms with Gasteiger partial charge in [0.25, 0.3) is 0 Å². The summed E-state index contributed by atoms with van der Waals surface area (Å²) in [5.41, 5.74) is -0.493. The molecule has 0 aromatic rings. The summed E-state index contributed by atoms with van der Waals surface area (Å²) in [6, 6.07) is 0.170. The van der Waals surface area contributed by atoms with E-state index in [1.165, 1.54) is 0 Å². The fourth-order valence-electron chi connectivity index (χ4n) is 3.08. The Morgan fingerprint density at radius 3 is 2.40 bits per heavy atom. The van der Waals surface area contributed by atoms with E-state index >= 15 is 0 Å². The summed E-state index contributed by atoms with van der Waals surface area (Å²) < 4.78 is 5.44. The van der Waals surface area contributed by atoms with Crippen molar-refractivity contribution < 1.29 is 19.4 Å². The molecule has 0 spiro atoms. The van der Waals surface area contributed by atoms with Crippen molar-refractivity contribution in [2.75, 3.05) is 6.54 Å². The van der Waals surface area contributed by atoms with Crippen LogP contribution < -0.4 is 0 Å². The lowest BCUT2D eigenvalue weighted by atomic mass is 9.89. The van der Waals surface area contributed by atoms with Crippen LogP contribution in [-0.4, -0.2) is 40.3 Å². The zero-order chi connectivity index (χ0) is 15.1. The number of carboxylic acids is 1. The summed E-state index contributed by atoms with van der Waals surface area (Å²) in [6.07, 6.45) is 2.42. The minimum Gasteiger partial charge on any atom is -0.481 e. The molecular formula is C15H25NO4. The zero-order valence-corrected chi connectivity index (χ0v) is 12.8. The molecule has 1 saturated heterocycles. The maximum Gasteiger partial charge on any atom is 0.410 e. The number of carbonyl (C=O) groups excluding carboxylic acids is 1. The van der Waals surface area contributed by atoms with Gasteiger partial charge in [-0.2, -0.15) is 0 Å². The largest absolute Gasteiger partial charge is 0.481 e. The highest BCUT2D eigenvalue weighted by Gasteiger charge is 2.49. The van der Waals surface area contributed by atoms with Crippen molar-refractivity contribution in [3.8, 4) is 0 Å². The van der Waals surface area contributed by atoms with Gasteiger partial charge in [-0.3, -0.25) is 4.79 Å². The molecule has 0 aromatic carbocycles. The number of nitrogens with zero attached hydrogens (tertiary/aromatic N) is 1. The summed E-state index contributed by atoms with van der Waals surface area (Å²) in [5.74, 6) is -0.351. The SMILES string of the molecule is C[C@@H]1CCC([C@@H]2C[C@H]2C(=O)O)CN1C(=O)OC(C)(C)C. The highest BCUT2D eigenvalue weighted by molar-refractivity contribution is 5.73. The number of hydrogen-bond donors (Lipinski definition) is 1. The minimum absolute atomic E-state index is 0.170. The van der Waals surface area contributed by atoms with Crippen LogP contribution in [0, 0.1) is 17.8 Å². The van der Waals surface area contributed by atoms with Gasteiger partial charge in [0, 0.05) is 12.6 Å². The minimum atomic E-state index is -0.697. The predicted molar refractivity (Wildman–Crippen MR) is 74.4 cm³/mol. The second-order valence-electron chi connectivity index (χ2n) is 7.16. The molecule has 0 bridgehead atoms. The van der Waals surface area contributed by atoms with Crippen molar-refractivity contribution in [2.45, 2.75) is 58.6 Å². The lowest BCUT2D eigenvalue weighted by Gasteiger charge is -2.39. The first-order chi connectivity index (χ1) is 9.19. The molecule has 0 aromatic heterocycles. The van der Waals surface area contributed by atoms with Gasteiger partial charge in [-0.15, -0.1) is 0 Å².